The SMILES string of the molecule is Cc1cc(C)c(C)c(OC[C@@H](O)CN2C(C)(C)CC(O)CC2(C)C)c1. The minimum Gasteiger partial charge on any atom is -0.491 e. The van der Waals surface area contributed by atoms with E-state index in [0.29, 0.717) is 6.54 Å². The van der Waals surface area contributed by atoms with Gasteiger partial charge in [-0.05, 0) is 84.1 Å². The van der Waals surface area contributed by atoms with Crippen molar-refractivity contribution in [3.8, 4) is 5.75 Å². The molecule has 25 heavy (non-hydrogen) atoms. The van der Waals surface area contributed by atoms with Gasteiger partial charge in [0.1, 0.15) is 18.5 Å². The lowest BCUT2D eigenvalue weighted by atomic mass is 9.78. The van der Waals surface area contributed by atoms with Crippen LogP contribution < -0.4 is 4.74 Å². The summed E-state index contributed by atoms with van der Waals surface area (Å²) in [5.74, 6) is 0.851. The largest absolute Gasteiger partial charge is 0.491 e. The van der Waals surface area contributed by atoms with Gasteiger partial charge in [0, 0.05) is 17.6 Å². The van der Waals surface area contributed by atoms with E-state index in [4.69, 9.17) is 4.74 Å². The van der Waals surface area contributed by atoms with Crippen LogP contribution in [0, 0.1) is 20.8 Å². The van der Waals surface area contributed by atoms with Crippen LogP contribution in [0.1, 0.15) is 57.2 Å². The van der Waals surface area contributed by atoms with Gasteiger partial charge in [0.05, 0.1) is 6.10 Å². The minimum absolute atomic E-state index is 0.155. The van der Waals surface area contributed by atoms with Gasteiger partial charge in [-0.15, -0.1) is 0 Å². The van der Waals surface area contributed by atoms with Crippen molar-refractivity contribution in [2.45, 2.75) is 84.6 Å². The Morgan fingerprint density at radius 1 is 1.12 bits per heavy atom. The van der Waals surface area contributed by atoms with Gasteiger partial charge in [0.15, 0.2) is 0 Å². The van der Waals surface area contributed by atoms with Crippen LogP contribution in [-0.2, 0) is 0 Å². The first kappa shape index (κ1) is 20.2. The second-order valence-electron chi connectivity index (χ2n) is 8.97. The number of aliphatic hydroxyl groups is 2. The predicted molar refractivity (Wildman–Crippen MR) is 102 cm³/mol. The molecular formula is C21H35NO3. The van der Waals surface area contributed by atoms with E-state index in [-0.39, 0.29) is 23.8 Å². The maximum absolute atomic E-state index is 10.6. The van der Waals surface area contributed by atoms with Crippen molar-refractivity contribution in [3.05, 3.63) is 28.8 Å². The quantitative estimate of drug-likeness (QED) is 0.856. The van der Waals surface area contributed by atoms with Crippen LogP contribution in [0.15, 0.2) is 12.1 Å². The van der Waals surface area contributed by atoms with Gasteiger partial charge in [0.25, 0.3) is 0 Å². The molecule has 0 spiro atoms. The van der Waals surface area contributed by atoms with Crippen LogP contribution in [0.4, 0.5) is 0 Å². The molecule has 1 aliphatic rings. The molecule has 4 nitrogen and oxygen atoms in total. The number of hydrogen-bond donors (Lipinski definition) is 2. The van der Waals surface area contributed by atoms with E-state index in [2.05, 4.69) is 59.4 Å². The lowest BCUT2D eigenvalue weighted by Crippen LogP contribution is -2.63. The van der Waals surface area contributed by atoms with Crippen molar-refractivity contribution in [2.75, 3.05) is 13.2 Å². The number of ether oxygens (including phenoxy) is 1. The summed E-state index contributed by atoms with van der Waals surface area (Å²) in [5, 5.41) is 20.7. The van der Waals surface area contributed by atoms with Gasteiger partial charge in [-0.25, -0.2) is 0 Å². The lowest BCUT2D eigenvalue weighted by Gasteiger charge is -2.55. The van der Waals surface area contributed by atoms with Crippen LogP contribution in [0.5, 0.6) is 5.75 Å². The second kappa shape index (κ2) is 7.26. The average molecular weight is 350 g/mol. The zero-order valence-corrected chi connectivity index (χ0v) is 16.9. The molecule has 0 aliphatic carbocycles. The fourth-order valence-corrected chi connectivity index (χ4v) is 4.36. The fraction of sp³-hybridized carbons (Fsp3) is 0.714. The molecule has 0 radical (unpaired) electrons. The number of aryl methyl sites for hydroxylation is 2. The van der Waals surface area contributed by atoms with Gasteiger partial charge in [-0.3, -0.25) is 4.90 Å². The Balaban J connectivity index is 2.03. The molecule has 1 heterocycles. The molecule has 2 rings (SSSR count). The summed E-state index contributed by atoms with van der Waals surface area (Å²) in [4.78, 5) is 2.31. The molecule has 1 saturated heterocycles. The summed E-state index contributed by atoms with van der Waals surface area (Å²) in [6, 6.07) is 4.17. The van der Waals surface area contributed by atoms with Crippen molar-refractivity contribution < 1.29 is 14.9 Å². The van der Waals surface area contributed by atoms with Crippen LogP contribution in [0.2, 0.25) is 0 Å². The maximum atomic E-state index is 10.6. The van der Waals surface area contributed by atoms with E-state index in [0.717, 1.165) is 24.2 Å². The van der Waals surface area contributed by atoms with Crippen molar-refractivity contribution in [1.82, 2.24) is 4.90 Å². The van der Waals surface area contributed by atoms with Gasteiger partial charge in [0.2, 0.25) is 0 Å². The molecule has 0 amide bonds. The first-order valence-corrected chi connectivity index (χ1v) is 9.27. The van der Waals surface area contributed by atoms with E-state index < -0.39 is 6.10 Å². The highest BCUT2D eigenvalue weighted by Gasteiger charge is 2.45. The highest BCUT2D eigenvalue weighted by molar-refractivity contribution is 5.41. The normalized spacial score (nSPS) is 22.0. The van der Waals surface area contributed by atoms with Gasteiger partial charge >= 0.3 is 0 Å². The molecular weight excluding hydrogens is 314 g/mol. The lowest BCUT2D eigenvalue weighted by molar-refractivity contribution is -0.1000. The molecule has 0 bridgehead atoms. The number of piperidine rings is 1. The maximum Gasteiger partial charge on any atom is 0.122 e. The molecule has 1 aromatic carbocycles. The van der Waals surface area contributed by atoms with E-state index >= 15 is 0 Å². The molecule has 1 aliphatic heterocycles. The van der Waals surface area contributed by atoms with Crippen LogP contribution in [-0.4, -0.2) is 51.6 Å². The summed E-state index contributed by atoms with van der Waals surface area (Å²) in [7, 11) is 0. The molecule has 1 atom stereocenters. The average Bonchev–Trinajstić information content (AvgIpc) is 2.44. The van der Waals surface area contributed by atoms with Crippen molar-refractivity contribution in [3.63, 3.8) is 0 Å². The fourth-order valence-electron chi connectivity index (χ4n) is 4.36. The summed E-state index contributed by atoms with van der Waals surface area (Å²) < 4.78 is 5.93. The van der Waals surface area contributed by atoms with E-state index in [9.17, 15) is 10.2 Å². The first-order chi connectivity index (χ1) is 11.4. The molecule has 1 fully saturated rings. The molecule has 0 aromatic heterocycles. The Morgan fingerprint density at radius 3 is 2.24 bits per heavy atom. The Kier molecular flexibility index (Phi) is 5.87. The topological polar surface area (TPSA) is 52.9 Å². The van der Waals surface area contributed by atoms with Crippen molar-refractivity contribution >= 4 is 0 Å². The zero-order chi connectivity index (χ0) is 19.0. The number of rotatable bonds is 5. The molecule has 0 unspecified atom stereocenters. The number of β-amino-alcohol motifs (C(OH)–C–C–N with tert-alkyl or cyclic N) is 1. The third-order valence-corrected chi connectivity index (χ3v) is 5.52. The van der Waals surface area contributed by atoms with Crippen LogP contribution in [0.3, 0.4) is 0 Å². The number of likely N-dealkylation sites (tertiary alicyclic amines) is 1. The Labute approximate surface area is 152 Å². The highest BCUT2D eigenvalue weighted by atomic mass is 16.5. The molecule has 0 saturated carbocycles. The van der Waals surface area contributed by atoms with Crippen molar-refractivity contribution in [2.24, 2.45) is 0 Å². The molecule has 4 heteroatoms. The Bertz CT molecular complexity index is 591. The monoisotopic (exact) mass is 349 g/mol. The Morgan fingerprint density at radius 2 is 1.68 bits per heavy atom. The third-order valence-electron chi connectivity index (χ3n) is 5.52. The van der Waals surface area contributed by atoms with Gasteiger partial charge < -0.3 is 14.9 Å². The summed E-state index contributed by atoms with van der Waals surface area (Å²) in [5.41, 5.74) is 3.19. The van der Waals surface area contributed by atoms with Crippen LogP contribution in [0.25, 0.3) is 0 Å². The zero-order valence-electron chi connectivity index (χ0n) is 16.9. The molecule has 2 N–H and O–H groups in total. The number of nitrogens with zero attached hydrogens (tertiary/aromatic N) is 1. The third kappa shape index (κ3) is 4.75. The second-order valence-corrected chi connectivity index (χ2v) is 8.97. The van der Waals surface area contributed by atoms with E-state index in [1.807, 2.05) is 6.07 Å². The van der Waals surface area contributed by atoms with E-state index in [1.165, 1.54) is 11.1 Å². The number of hydrogen-bond acceptors (Lipinski definition) is 4. The van der Waals surface area contributed by atoms with Gasteiger partial charge in [-0.1, -0.05) is 6.07 Å². The highest BCUT2D eigenvalue weighted by Crippen LogP contribution is 2.38. The smallest absolute Gasteiger partial charge is 0.122 e. The predicted octanol–water partition coefficient (Wildman–Crippen LogP) is 3.37. The minimum atomic E-state index is -0.575. The standard InChI is InChI=1S/C21H35NO3/c1-14-8-15(2)16(3)19(9-14)25-13-18(24)12-22-20(4,5)10-17(23)11-21(22,6)7/h8-9,17-18,23-24H,10-13H2,1-7H3/t18-/m0/s1. The Hall–Kier alpha value is -1.10. The molecule has 142 valence electrons. The van der Waals surface area contributed by atoms with Crippen molar-refractivity contribution in [1.29, 1.82) is 0 Å². The first-order valence-electron chi connectivity index (χ1n) is 9.27. The summed E-state index contributed by atoms with van der Waals surface area (Å²) >= 11 is 0. The van der Waals surface area contributed by atoms with Crippen LogP contribution >= 0.6 is 0 Å². The van der Waals surface area contributed by atoms with E-state index in [1.54, 1.807) is 0 Å². The summed E-state index contributed by atoms with van der Waals surface area (Å²) in [6.07, 6.45) is 0.585. The number of benzene rings is 1. The van der Waals surface area contributed by atoms with Gasteiger partial charge in [-0.2, -0.15) is 0 Å². The number of aliphatic hydroxyl groups excluding tert-OH is 2. The summed E-state index contributed by atoms with van der Waals surface area (Å²) in [6.45, 7) is 15.5. The molecule has 1 aromatic rings.